The Morgan fingerprint density at radius 1 is 1.12 bits per heavy atom. The Bertz CT molecular complexity index is 329. The molecule has 0 bridgehead atoms. The highest BCUT2D eigenvalue weighted by Crippen LogP contribution is 2.26. The summed E-state index contributed by atoms with van der Waals surface area (Å²) in [7, 11) is 0. The van der Waals surface area contributed by atoms with Gasteiger partial charge in [0.1, 0.15) is 5.75 Å². The van der Waals surface area contributed by atoms with Crippen molar-refractivity contribution in [3.63, 3.8) is 0 Å². The summed E-state index contributed by atoms with van der Waals surface area (Å²) >= 11 is 0. The average molecular weight is 220 g/mol. The Morgan fingerprint density at radius 3 is 2.19 bits per heavy atom. The van der Waals surface area contributed by atoms with E-state index in [1.54, 1.807) is 13.8 Å². The van der Waals surface area contributed by atoms with Crippen LogP contribution < -0.4 is 4.74 Å². The van der Waals surface area contributed by atoms with Gasteiger partial charge in [0.25, 0.3) is 0 Å². The molecule has 88 valence electrons. The second-order valence-electron chi connectivity index (χ2n) is 5.11. The van der Waals surface area contributed by atoms with Gasteiger partial charge in [0.05, 0.1) is 11.7 Å². The molecule has 1 fully saturated rings. The lowest BCUT2D eigenvalue weighted by molar-refractivity contribution is 0.0785. The van der Waals surface area contributed by atoms with Gasteiger partial charge in [-0.15, -0.1) is 0 Å². The van der Waals surface area contributed by atoms with Crippen molar-refractivity contribution >= 4 is 0 Å². The second kappa shape index (κ2) is 4.46. The largest absolute Gasteiger partial charge is 0.490 e. The van der Waals surface area contributed by atoms with Crippen LogP contribution in [0.1, 0.15) is 45.1 Å². The number of hydrogen-bond donors (Lipinski definition) is 1. The van der Waals surface area contributed by atoms with Crippen LogP contribution in [0.25, 0.3) is 0 Å². The van der Waals surface area contributed by atoms with Gasteiger partial charge in [-0.1, -0.05) is 12.1 Å². The topological polar surface area (TPSA) is 29.5 Å². The maximum Gasteiger partial charge on any atom is 0.119 e. The molecule has 0 aromatic heterocycles. The molecule has 1 aromatic rings. The number of hydrogen-bond acceptors (Lipinski definition) is 2. The predicted octanol–water partition coefficient (Wildman–Crippen LogP) is 3.24. The summed E-state index contributed by atoms with van der Waals surface area (Å²) in [4.78, 5) is 0. The fourth-order valence-corrected chi connectivity index (χ4v) is 2.14. The van der Waals surface area contributed by atoms with Crippen LogP contribution in [-0.4, -0.2) is 11.2 Å². The van der Waals surface area contributed by atoms with Gasteiger partial charge in [-0.3, -0.25) is 0 Å². The molecule has 0 heterocycles. The molecule has 0 saturated heterocycles. The Labute approximate surface area is 97.3 Å². The molecule has 1 N–H and O–H groups in total. The normalized spacial score (nSPS) is 17.7. The Balaban J connectivity index is 2.01. The van der Waals surface area contributed by atoms with E-state index in [-0.39, 0.29) is 0 Å². The third-order valence-electron chi connectivity index (χ3n) is 3.17. The fourth-order valence-electron chi connectivity index (χ4n) is 2.14. The van der Waals surface area contributed by atoms with Gasteiger partial charge < -0.3 is 9.84 Å². The molecule has 1 aromatic carbocycles. The highest BCUT2D eigenvalue weighted by atomic mass is 16.5. The molecule has 0 amide bonds. The first-order valence-corrected chi connectivity index (χ1v) is 6.05. The average Bonchev–Trinajstić information content (AvgIpc) is 2.70. The highest BCUT2D eigenvalue weighted by Gasteiger charge is 2.18. The van der Waals surface area contributed by atoms with E-state index in [2.05, 4.69) is 0 Å². The van der Waals surface area contributed by atoms with Gasteiger partial charge in [-0.2, -0.15) is 0 Å². The van der Waals surface area contributed by atoms with E-state index in [1.807, 2.05) is 24.3 Å². The van der Waals surface area contributed by atoms with E-state index in [4.69, 9.17) is 4.74 Å². The molecule has 0 radical (unpaired) electrons. The van der Waals surface area contributed by atoms with Crippen molar-refractivity contribution in [3.8, 4) is 5.75 Å². The van der Waals surface area contributed by atoms with Crippen LogP contribution in [0.5, 0.6) is 5.75 Å². The first-order chi connectivity index (χ1) is 7.55. The molecular weight excluding hydrogens is 200 g/mol. The smallest absolute Gasteiger partial charge is 0.119 e. The summed E-state index contributed by atoms with van der Waals surface area (Å²) in [6.07, 6.45) is 5.31. The molecule has 0 spiro atoms. The van der Waals surface area contributed by atoms with Crippen molar-refractivity contribution in [1.29, 1.82) is 0 Å². The third kappa shape index (κ3) is 2.76. The standard InChI is InChI=1S/C14H20O2/c1-14(2,15)11-7-9-13(10-8-11)16-12-5-3-4-6-12/h7-10,12,15H,3-6H2,1-2H3. The van der Waals surface area contributed by atoms with Gasteiger partial charge in [0, 0.05) is 0 Å². The van der Waals surface area contributed by atoms with Crippen LogP contribution in [0.4, 0.5) is 0 Å². The Morgan fingerprint density at radius 2 is 1.69 bits per heavy atom. The van der Waals surface area contributed by atoms with Crippen LogP contribution in [0.3, 0.4) is 0 Å². The van der Waals surface area contributed by atoms with Crippen LogP contribution in [0.15, 0.2) is 24.3 Å². The predicted molar refractivity (Wildman–Crippen MR) is 64.6 cm³/mol. The van der Waals surface area contributed by atoms with E-state index < -0.39 is 5.60 Å². The van der Waals surface area contributed by atoms with Gasteiger partial charge in [-0.25, -0.2) is 0 Å². The van der Waals surface area contributed by atoms with E-state index in [1.165, 1.54) is 25.7 Å². The zero-order chi connectivity index (χ0) is 11.6. The van der Waals surface area contributed by atoms with Crippen LogP contribution in [0.2, 0.25) is 0 Å². The van der Waals surface area contributed by atoms with Crippen molar-refractivity contribution in [2.24, 2.45) is 0 Å². The molecular formula is C14H20O2. The lowest BCUT2D eigenvalue weighted by Crippen LogP contribution is -2.15. The van der Waals surface area contributed by atoms with E-state index in [9.17, 15) is 5.11 Å². The molecule has 1 aliphatic rings. The van der Waals surface area contributed by atoms with Crippen molar-refractivity contribution in [1.82, 2.24) is 0 Å². The lowest BCUT2D eigenvalue weighted by Gasteiger charge is -2.19. The second-order valence-corrected chi connectivity index (χ2v) is 5.11. The van der Waals surface area contributed by atoms with Crippen molar-refractivity contribution < 1.29 is 9.84 Å². The molecule has 0 atom stereocenters. The van der Waals surface area contributed by atoms with Crippen molar-refractivity contribution in [2.45, 2.75) is 51.2 Å². The molecule has 2 heteroatoms. The maximum atomic E-state index is 9.82. The summed E-state index contributed by atoms with van der Waals surface area (Å²) < 4.78 is 5.86. The molecule has 1 aliphatic carbocycles. The third-order valence-corrected chi connectivity index (χ3v) is 3.17. The van der Waals surface area contributed by atoms with E-state index in [0.29, 0.717) is 6.10 Å². The van der Waals surface area contributed by atoms with Gasteiger partial charge >= 0.3 is 0 Å². The monoisotopic (exact) mass is 220 g/mol. The minimum Gasteiger partial charge on any atom is -0.490 e. The van der Waals surface area contributed by atoms with Crippen LogP contribution in [-0.2, 0) is 5.60 Å². The Hall–Kier alpha value is -1.02. The zero-order valence-corrected chi connectivity index (χ0v) is 10.1. The Kier molecular flexibility index (Phi) is 3.20. The van der Waals surface area contributed by atoms with Gasteiger partial charge in [0.15, 0.2) is 0 Å². The SMILES string of the molecule is CC(C)(O)c1ccc(OC2CCCC2)cc1. The molecule has 2 nitrogen and oxygen atoms in total. The summed E-state index contributed by atoms with van der Waals surface area (Å²) in [5.41, 5.74) is 0.151. The number of rotatable bonds is 3. The minimum absolute atomic E-state index is 0.396. The summed E-state index contributed by atoms with van der Waals surface area (Å²) in [5.74, 6) is 0.917. The summed E-state index contributed by atoms with van der Waals surface area (Å²) in [6.45, 7) is 3.58. The van der Waals surface area contributed by atoms with Crippen molar-refractivity contribution in [3.05, 3.63) is 29.8 Å². The summed E-state index contributed by atoms with van der Waals surface area (Å²) in [6, 6.07) is 7.77. The lowest BCUT2D eigenvalue weighted by atomic mass is 9.99. The van der Waals surface area contributed by atoms with E-state index in [0.717, 1.165) is 11.3 Å². The quantitative estimate of drug-likeness (QED) is 0.847. The first-order valence-electron chi connectivity index (χ1n) is 6.05. The van der Waals surface area contributed by atoms with Gasteiger partial charge in [-0.05, 0) is 57.2 Å². The van der Waals surface area contributed by atoms with Crippen LogP contribution >= 0.6 is 0 Å². The molecule has 2 rings (SSSR count). The molecule has 1 saturated carbocycles. The zero-order valence-electron chi connectivity index (χ0n) is 10.1. The number of ether oxygens (including phenoxy) is 1. The molecule has 16 heavy (non-hydrogen) atoms. The maximum absolute atomic E-state index is 9.82. The minimum atomic E-state index is -0.772. The number of benzene rings is 1. The molecule has 0 unspecified atom stereocenters. The molecule has 0 aliphatic heterocycles. The van der Waals surface area contributed by atoms with Gasteiger partial charge in [0.2, 0.25) is 0 Å². The fraction of sp³-hybridized carbons (Fsp3) is 0.571. The highest BCUT2D eigenvalue weighted by molar-refractivity contribution is 5.30. The van der Waals surface area contributed by atoms with Crippen LogP contribution in [0, 0.1) is 0 Å². The number of aliphatic hydroxyl groups is 1. The van der Waals surface area contributed by atoms with Crippen molar-refractivity contribution in [2.75, 3.05) is 0 Å². The summed E-state index contributed by atoms with van der Waals surface area (Å²) in [5, 5.41) is 9.82. The first kappa shape index (κ1) is 11.5. The van der Waals surface area contributed by atoms with E-state index >= 15 is 0 Å².